The highest BCUT2D eigenvalue weighted by Gasteiger charge is 2.19. The molecule has 0 saturated carbocycles. The number of hydrogen-bond acceptors (Lipinski definition) is 5. The Balaban J connectivity index is 1.84. The Morgan fingerprint density at radius 1 is 1.23 bits per heavy atom. The topological polar surface area (TPSA) is 62.3 Å². The first-order valence-corrected chi connectivity index (χ1v) is 9.46. The van der Waals surface area contributed by atoms with Gasteiger partial charge in [0.15, 0.2) is 5.11 Å². The van der Waals surface area contributed by atoms with E-state index in [9.17, 15) is 0 Å². The van der Waals surface area contributed by atoms with Crippen molar-refractivity contribution in [2.75, 3.05) is 29.9 Å². The van der Waals surface area contributed by atoms with Crippen molar-refractivity contribution in [1.29, 1.82) is 0 Å². The van der Waals surface area contributed by atoms with Gasteiger partial charge in [0.1, 0.15) is 11.6 Å². The van der Waals surface area contributed by atoms with Gasteiger partial charge in [-0.3, -0.25) is 0 Å². The molecule has 0 spiro atoms. The number of benzene rings is 1. The lowest BCUT2D eigenvalue weighted by atomic mass is 9.99. The Hall–Kier alpha value is -2.41. The average Bonchev–Trinajstić information content (AvgIpc) is 2.63. The first kappa shape index (κ1) is 18.4. The van der Waals surface area contributed by atoms with Gasteiger partial charge in [-0.05, 0) is 50.0 Å². The molecular formula is C19H25N5OS. The zero-order valence-electron chi connectivity index (χ0n) is 15.2. The van der Waals surface area contributed by atoms with Crippen LogP contribution in [0.2, 0.25) is 0 Å². The quantitative estimate of drug-likeness (QED) is 0.775. The van der Waals surface area contributed by atoms with Crippen LogP contribution in [0, 0.1) is 5.92 Å². The van der Waals surface area contributed by atoms with Crippen molar-refractivity contribution in [1.82, 2.24) is 15.3 Å². The number of rotatable bonds is 5. The van der Waals surface area contributed by atoms with Gasteiger partial charge in [0, 0.05) is 25.7 Å². The molecular weight excluding hydrogens is 346 g/mol. The van der Waals surface area contributed by atoms with Gasteiger partial charge < -0.3 is 20.3 Å². The third-order valence-corrected chi connectivity index (χ3v) is 4.57. The van der Waals surface area contributed by atoms with Gasteiger partial charge in [-0.2, -0.15) is 9.97 Å². The number of anilines is 2. The van der Waals surface area contributed by atoms with E-state index < -0.39 is 0 Å². The summed E-state index contributed by atoms with van der Waals surface area (Å²) >= 11 is 5.27. The number of ether oxygens (including phenoxy) is 1. The van der Waals surface area contributed by atoms with E-state index >= 15 is 0 Å². The first-order chi connectivity index (χ1) is 12.6. The fourth-order valence-electron chi connectivity index (χ4n) is 2.84. The van der Waals surface area contributed by atoms with Crippen LogP contribution in [-0.2, 0) is 0 Å². The van der Waals surface area contributed by atoms with E-state index in [1.807, 2.05) is 43.3 Å². The normalized spacial score (nSPS) is 14.8. The molecule has 7 heteroatoms. The Morgan fingerprint density at radius 3 is 2.65 bits per heavy atom. The predicted octanol–water partition coefficient (Wildman–Crippen LogP) is 3.81. The van der Waals surface area contributed by atoms with Crippen LogP contribution in [0.25, 0.3) is 0 Å². The van der Waals surface area contributed by atoms with Gasteiger partial charge in [-0.25, -0.2) is 0 Å². The summed E-state index contributed by atoms with van der Waals surface area (Å²) in [6, 6.07) is 11.5. The highest BCUT2D eigenvalue weighted by atomic mass is 32.1. The van der Waals surface area contributed by atoms with Crippen molar-refractivity contribution in [3.63, 3.8) is 0 Å². The summed E-state index contributed by atoms with van der Waals surface area (Å²) in [4.78, 5) is 11.4. The van der Waals surface area contributed by atoms with Gasteiger partial charge in [0.25, 0.3) is 0 Å². The third-order valence-electron chi connectivity index (χ3n) is 4.33. The van der Waals surface area contributed by atoms with Crippen molar-refractivity contribution in [3.8, 4) is 11.6 Å². The number of nitrogens with one attached hydrogen (secondary N) is 2. The fraction of sp³-hybridized carbons (Fsp3) is 0.421. The molecule has 2 aromatic rings. The highest BCUT2D eigenvalue weighted by Crippen LogP contribution is 2.27. The molecule has 1 aromatic carbocycles. The molecule has 0 atom stereocenters. The Bertz CT molecular complexity index is 732. The molecule has 1 fully saturated rings. The van der Waals surface area contributed by atoms with E-state index in [2.05, 4.69) is 32.4 Å². The van der Waals surface area contributed by atoms with E-state index in [1.54, 1.807) is 0 Å². The second kappa shape index (κ2) is 8.80. The maximum atomic E-state index is 5.93. The smallest absolute Gasteiger partial charge is 0.234 e. The molecule has 0 bridgehead atoms. The largest absolute Gasteiger partial charge is 0.439 e. The lowest BCUT2D eigenvalue weighted by Gasteiger charge is -2.31. The first-order valence-electron chi connectivity index (χ1n) is 9.06. The summed E-state index contributed by atoms with van der Waals surface area (Å²) in [7, 11) is 0. The fourth-order valence-corrected chi connectivity index (χ4v) is 3.07. The van der Waals surface area contributed by atoms with Crippen molar-refractivity contribution >= 4 is 29.1 Å². The van der Waals surface area contributed by atoms with Crippen molar-refractivity contribution in [2.45, 2.75) is 26.7 Å². The van der Waals surface area contributed by atoms with Crippen molar-refractivity contribution < 1.29 is 4.74 Å². The zero-order chi connectivity index (χ0) is 18.4. The lowest BCUT2D eigenvalue weighted by Crippen LogP contribution is -2.34. The number of thiocarbonyl (C=S) groups is 1. The van der Waals surface area contributed by atoms with Crippen LogP contribution >= 0.6 is 12.2 Å². The van der Waals surface area contributed by atoms with Crippen molar-refractivity contribution in [3.05, 3.63) is 36.4 Å². The summed E-state index contributed by atoms with van der Waals surface area (Å²) < 4.78 is 5.93. The summed E-state index contributed by atoms with van der Waals surface area (Å²) in [6.07, 6.45) is 2.33. The van der Waals surface area contributed by atoms with Crippen molar-refractivity contribution in [2.24, 2.45) is 5.92 Å². The van der Waals surface area contributed by atoms with Crippen LogP contribution < -0.4 is 20.3 Å². The minimum absolute atomic E-state index is 0.443. The van der Waals surface area contributed by atoms with Crippen LogP contribution in [0.3, 0.4) is 0 Å². The van der Waals surface area contributed by atoms with Gasteiger partial charge in [-0.15, -0.1) is 0 Å². The monoisotopic (exact) mass is 371 g/mol. The minimum atomic E-state index is 0.443. The molecule has 3 rings (SSSR count). The van der Waals surface area contributed by atoms with Crippen LogP contribution in [0.4, 0.5) is 11.8 Å². The molecule has 0 unspecified atom stereocenters. The standard InChI is InChI=1S/C19H25N5OS/c1-3-20-19(26)23-18-21-16(24-11-9-14(2)10-12-24)13-17(22-18)25-15-7-5-4-6-8-15/h4-8,13-14H,3,9-12H2,1-2H3,(H2,20,21,22,23,26). The summed E-state index contributed by atoms with van der Waals surface area (Å²) in [6.45, 7) is 7.00. The van der Waals surface area contributed by atoms with Gasteiger partial charge in [-0.1, -0.05) is 25.1 Å². The summed E-state index contributed by atoms with van der Waals surface area (Å²) in [5, 5.41) is 6.60. The van der Waals surface area contributed by atoms with E-state index in [1.165, 1.54) is 0 Å². The second-order valence-corrected chi connectivity index (χ2v) is 6.87. The maximum absolute atomic E-state index is 5.93. The third kappa shape index (κ3) is 5.05. The minimum Gasteiger partial charge on any atom is -0.439 e. The number of piperidine rings is 1. The average molecular weight is 372 g/mol. The van der Waals surface area contributed by atoms with E-state index in [4.69, 9.17) is 17.0 Å². The molecule has 1 saturated heterocycles. The summed E-state index contributed by atoms with van der Waals surface area (Å²) in [5.41, 5.74) is 0. The van der Waals surface area contributed by atoms with Crippen LogP contribution in [-0.4, -0.2) is 34.7 Å². The van der Waals surface area contributed by atoms with Gasteiger partial charge in [0.05, 0.1) is 0 Å². The molecule has 0 amide bonds. The number of aromatic nitrogens is 2. The Morgan fingerprint density at radius 2 is 1.96 bits per heavy atom. The second-order valence-electron chi connectivity index (χ2n) is 6.46. The van der Waals surface area contributed by atoms with Crippen LogP contribution in [0.15, 0.2) is 36.4 Å². The molecule has 0 aliphatic carbocycles. The molecule has 6 nitrogen and oxygen atoms in total. The highest BCUT2D eigenvalue weighted by molar-refractivity contribution is 7.80. The number of nitrogens with zero attached hydrogens (tertiary/aromatic N) is 3. The SMILES string of the molecule is CCNC(=S)Nc1nc(Oc2ccccc2)cc(N2CCC(C)CC2)n1. The summed E-state index contributed by atoms with van der Waals surface area (Å²) in [5.74, 6) is 3.30. The molecule has 1 aliphatic heterocycles. The lowest BCUT2D eigenvalue weighted by molar-refractivity contribution is 0.434. The van der Waals surface area contributed by atoms with Crippen LogP contribution in [0.5, 0.6) is 11.6 Å². The molecule has 1 aromatic heterocycles. The Kier molecular flexibility index (Phi) is 6.22. The van der Waals surface area contributed by atoms with Gasteiger partial charge >= 0.3 is 0 Å². The molecule has 26 heavy (non-hydrogen) atoms. The molecule has 138 valence electrons. The maximum Gasteiger partial charge on any atom is 0.234 e. The van der Waals surface area contributed by atoms with Crippen LogP contribution in [0.1, 0.15) is 26.7 Å². The van der Waals surface area contributed by atoms with Gasteiger partial charge in [0.2, 0.25) is 11.8 Å². The number of hydrogen-bond donors (Lipinski definition) is 2. The zero-order valence-corrected chi connectivity index (χ0v) is 16.1. The molecule has 2 heterocycles. The van der Waals surface area contributed by atoms with E-state index in [0.717, 1.165) is 50.0 Å². The molecule has 0 radical (unpaired) electrons. The van der Waals surface area contributed by atoms with E-state index in [-0.39, 0.29) is 0 Å². The van der Waals surface area contributed by atoms with E-state index in [0.29, 0.717) is 16.9 Å². The molecule has 1 aliphatic rings. The predicted molar refractivity (Wildman–Crippen MR) is 109 cm³/mol. The Labute approximate surface area is 160 Å². The number of para-hydroxylation sites is 1. The molecule has 2 N–H and O–H groups in total.